The number of carboxylic acids is 1. The number of amides is 2. The van der Waals surface area contributed by atoms with Crippen LogP contribution < -0.4 is 15.0 Å². The van der Waals surface area contributed by atoms with E-state index in [4.69, 9.17) is 4.74 Å². The molecule has 1 aromatic rings. The third-order valence-corrected chi connectivity index (χ3v) is 6.78. The van der Waals surface area contributed by atoms with Crippen LogP contribution in [0.2, 0.25) is 0 Å². The van der Waals surface area contributed by atoms with Crippen molar-refractivity contribution in [3.63, 3.8) is 0 Å². The summed E-state index contributed by atoms with van der Waals surface area (Å²) in [5.74, 6) is -0.317. The normalized spacial score (nSPS) is 17.1. The van der Waals surface area contributed by atoms with Gasteiger partial charge in [0, 0.05) is 38.3 Å². The van der Waals surface area contributed by atoms with Crippen LogP contribution in [0, 0.1) is 5.92 Å². The van der Waals surface area contributed by atoms with Crippen LogP contribution in [0.1, 0.15) is 39.5 Å². The summed E-state index contributed by atoms with van der Waals surface area (Å²) in [6.45, 7) is 5.51. The van der Waals surface area contributed by atoms with Gasteiger partial charge in [-0.05, 0) is 87.1 Å². The van der Waals surface area contributed by atoms with Crippen molar-refractivity contribution >= 4 is 23.5 Å². The maximum atomic E-state index is 13.3. The van der Waals surface area contributed by atoms with Gasteiger partial charge in [-0.2, -0.15) is 0 Å². The molecule has 1 aliphatic heterocycles. The fraction of sp³-hybridized carbons (Fsp3) is 0.444. The largest absolute Gasteiger partial charge is 0.497 e. The second-order valence-corrected chi connectivity index (χ2v) is 8.87. The van der Waals surface area contributed by atoms with E-state index in [1.165, 1.54) is 0 Å². The van der Waals surface area contributed by atoms with Gasteiger partial charge in [-0.3, -0.25) is 9.69 Å². The zero-order valence-corrected chi connectivity index (χ0v) is 21.0. The van der Waals surface area contributed by atoms with E-state index in [0.717, 1.165) is 34.6 Å². The molecule has 1 saturated heterocycles. The number of nitrogens with zero attached hydrogens (tertiary/aromatic N) is 2. The Hall–Kier alpha value is -3.55. The van der Waals surface area contributed by atoms with Crippen LogP contribution in [0.3, 0.4) is 0 Å². The Morgan fingerprint density at radius 1 is 1.17 bits per heavy atom. The number of aliphatic carboxylic acids is 1. The van der Waals surface area contributed by atoms with Gasteiger partial charge in [0.2, 0.25) is 0 Å². The van der Waals surface area contributed by atoms with Crippen molar-refractivity contribution in [2.45, 2.75) is 39.5 Å². The van der Waals surface area contributed by atoms with Crippen molar-refractivity contribution in [3.8, 4) is 5.75 Å². The number of ketones is 1. The number of likely N-dealkylation sites (N-methyl/N-ethyl adjacent to an activating group) is 1. The van der Waals surface area contributed by atoms with Crippen LogP contribution in [-0.2, 0) is 9.59 Å². The van der Waals surface area contributed by atoms with E-state index in [0.29, 0.717) is 38.9 Å². The first-order valence-corrected chi connectivity index (χ1v) is 12.1. The molecule has 188 valence electrons. The molecule has 35 heavy (non-hydrogen) atoms. The van der Waals surface area contributed by atoms with Crippen molar-refractivity contribution in [2.75, 3.05) is 38.7 Å². The van der Waals surface area contributed by atoms with Gasteiger partial charge in [-0.1, -0.05) is 5.57 Å². The Morgan fingerprint density at radius 3 is 2.37 bits per heavy atom. The standard InChI is InChI=1S/C27H35N3O5/c1-5-30(22-8-10-23(35-4)11-9-22)27(34)29-14-12-19(13-15-29)25(31)20-7-6-18(2)21(16-20)17-24(28-3)26(32)33/h8-11,16-17,19,28H,5-7,12-15H2,1-4H3,(H,32,33)/b24-17-. The number of carbonyl (C=O) groups excluding carboxylic acids is 2. The van der Waals surface area contributed by atoms with E-state index in [9.17, 15) is 19.5 Å². The molecule has 0 saturated carbocycles. The van der Waals surface area contributed by atoms with Gasteiger partial charge in [0.25, 0.3) is 0 Å². The molecule has 1 heterocycles. The quantitative estimate of drug-likeness (QED) is 0.541. The third-order valence-electron chi connectivity index (χ3n) is 6.78. The van der Waals surface area contributed by atoms with Gasteiger partial charge in [0.05, 0.1) is 7.11 Å². The first-order chi connectivity index (χ1) is 16.8. The highest BCUT2D eigenvalue weighted by molar-refractivity contribution is 5.98. The van der Waals surface area contributed by atoms with Crippen LogP contribution in [0.4, 0.5) is 10.5 Å². The smallest absolute Gasteiger partial charge is 0.351 e. The van der Waals surface area contributed by atoms with Crippen LogP contribution in [-0.4, -0.2) is 61.6 Å². The molecule has 1 aliphatic carbocycles. The number of nitrogens with one attached hydrogen (secondary N) is 1. The molecule has 0 spiro atoms. The number of methoxy groups -OCH3 is 1. The molecule has 2 N–H and O–H groups in total. The first kappa shape index (κ1) is 26.1. The van der Waals surface area contributed by atoms with Crippen LogP contribution in [0.5, 0.6) is 5.75 Å². The predicted octanol–water partition coefficient (Wildman–Crippen LogP) is 4.15. The molecule has 0 radical (unpaired) electrons. The molecule has 1 fully saturated rings. The molecule has 0 aromatic heterocycles. The number of hydrogen-bond donors (Lipinski definition) is 2. The molecule has 2 aliphatic rings. The summed E-state index contributed by atoms with van der Waals surface area (Å²) in [6.07, 6.45) is 6.04. The van der Waals surface area contributed by atoms with E-state index in [-0.39, 0.29) is 23.4 Å². The van der Waals surface area contributed by atoms with Crippen molar-refractivity contribution in [1.82, 2.24) is 10.2 Å². The van der Waals surface area contributed by atoms with Gasteiger partial charge in [-0.15, -0.1) is 0 Å². The Balaban J connectivity index is 1.65. The van der Waals surface area contributed by atoms with E-state index in [1.54, 1.807) is 25.1 Å². The molecular weight excluding hydrogens is 446 g/mol. The summed E-state index contributed by atoms with van der Waals surface area (Å²) >= 11 is 0. The van der Waals surface area contributed by atoms with Crippen molar-refractivity contribution < 1.29 is 24.2 Å². The van der Waals surface area contributed by atoms with Gasteiger partial charge in [0.15, 0.2) is 5.78 Å². The fourth-order valence-corrected chi connectivity index (χ4v) is 4.56. The molecule has 8 heteroatoms. The Kier molecular flexibility index (Phi) is 8.73. The number of allylic oxidation sites excluding steroid dienone is 5. The molecule has 2 amide bonds. The summed E-state index contributed by atoms with van der Waals surface area (Å²) < 4.78 is 5.21. The number of likely N-dealkylation sites (tertiary alicyclic amines) is 1. The number of urea groups is 1. The summed E-state index contributed by atoms with van der Waals surface area (Å²) in [5.41, 5.74) is 3.48. The maximum Gasteiger partial charge on any atom is 0.351 e. The monoisotopic (exact) mass is 481 g/mol. The van der Waals surface area contributed by atoms with E-state index < -0.39 is 5.97 Å². The van der Waals surface area contributed by atoms with Gasteiger partial charge in [-0.25, -0.2) is 9.59 Å². The number of hydrogen-bond acceptors (Lipinski definition) is 5. The average molecular weight is 482 g/mol. The number of anilines is 1. The fourth-order valence-electron chi connectivity index (χ4n) is 4.56. The summed E-state index contributed by atoms with van der Waals surface area (Å²) in [6, 6.07) is 7.36. The van der Waals surface area contributed by atoms with E-state index in [1.807, 2.05) is 49.1 Å². The van der Waals surface area contributed by atoms with E-state index >= 15 is 0 Å². The summed E-state index contributed by atoms with van der Waals surface area (Å²) in [4.78, 5) is 41.4. The Morgan fingerprint density at radius 2 is 1.83 bits per heavy atom. The van der Waals surface area contributed by atoms with Crippen LogP contribution in [0.25, 0.3) is 0 Å². The highest BCUT2D eigenvalue weighted by atomic mass is 16.5. The summed E-state index contributed by atoms with van der Waals surface area (Å²) in [5, 5.41) is 12.0. The Bertz CT molecular complexity index is 1050. The minimum absolute atomic E-state index is 0.0558. The minimum Gasteiger partial charge on any atom is -0.497 e. The number of ether oxygens (including phenoxy) is 1. The minimum atomic E-state index is -1.03. The van der Waals surface area contributed by atoms with Gasteiger partial charge in [0.1, 0.15) is 11.4 Å². The second kappa shape index (κ2) is 11.7. The number of Topliss-reactive ketones (excluding diaryl/α,β-unsaturated/α-hetero) is 1. The topological polar surface area (TPSA) is 99.2 Å². The first-order valence-electron chi connectivity index (χ1n) is 12.1. The number of rotatable bonds is 8. The predicted molar refractivity (Wildman–Crippen MR) is 136 cm³/mol. The maximum absolute atomic E-state index is 13.3. The second-order valence-electron chi connectivity index (χ2n) is 8.87. The van der Waals surface area contributed by atoms with Gasteiger partial charge < -0.3 is 20.1 Å². The SMILES string of the molecule is CCN(C(=O)N1CCC(C(=O)C2=CC(/C=C(\NC)C(=O)O)=C(C)CC2)CC1)c1ccc(OC)cc1. The number of carbonyl (C=O) groups is 3. The van der Waals surface area contributed by atoms with Crippen LogP contribution >= 0.6 is 0 Å². The molecule has 8 nitrogen and oxygen atoms in total. The highest BCUT2D eigenvalue weighted by Crippen LogP contribution is 2.31. The van der Waals surface area contributed by atoms with E-state index in [2.05, 4.69) is 5.32 Å². The number of piperidine rings is 1. The lowest BCUT2D eigenvalue weighted by atomic mass is 9.83. The zero-order chi connectivity index (χ0) is 25.5. The highest BCUT2D eigenvalue weighted by Gasteiger charge is 2.31. The Labute approximate surface area is 206 Å². The third kappa shape index (κ3) is 6.12. The van der Waals surface area contributed by atoms with Crippen molar-refractivity contribution in [3.05, 3.63) is 58.8 Å². The lowest BCUT2D eigenvalue weighted by Crippen LogP contribution is -2.47. The number of carboxylic acid groups (broad SMARTS) is 1. The molecule has 0 unspecified atom stereocenters. The zero-order valence-electron chi connectivity index (χ0n) is 21.0. The van der Waals surface area contributed by atoms with Gasteiger partial charge >= 0.3 is 12.0 Å². The molecule has 0 bridgehead atoms. The lowest BCUT2D eigenvalue weighted by Gasteiger charge is -2.35. The average Bonchev–Trinajstić information content (AvgIpc) is 2.88. The van der Waals surface area contributed by atoms with Crippen molar-refractivity contribution in [2.24, 2.45) is 5.92 Å². The molecular formula is C27H35N3O5. The van der Waals surface area contributed by atoms with Crippen LogP contribution in [0.15, 0.2) is 58.8 Å². The lowest BCUT2D eigenvalue weighted by molar-refractivity contribution is -0.133. The van der Waals surface area contributed by atoms with Crippen molar-refractivity contribution in [1.29, 1.82) is 0 Å². The molecule has 3 rings (SSSR count). The molecule has 1 aromatic carbocycles. The summed E-state index contributed by atoms with van der Waals surface area (Å²) in [7, 11) is 3.18. The molecule has 0 atom stereocenters. The number of benzene rings is 1.